The number of imidazole rings is 1. The Labute approximate surface area is 150 Å². The van der Waals surface area contributed by atoms with E-state index in [-0.39, 0.29) is 10.7 Å². The van der Waals surface area contributed by atoms with Crippen LogP contribution in [0.3, 0.4) is 0 Å². The summed E-state index contributed by atoms with van der Waals surface area (Å²) < 4.78 is 33.9. The minimum atomic E-state index is -3.62. The zero-order chi connectivity index (χ0) is 18.3. The lowest BCUT2D eigenvalue weighted by Crippen LogP contribution is -2.40. The predicted octanol–water partition coefficient (Wildman–Crippen LogP) is 0.582. The summed E-state index contributed by atoms with van der Waals surface area (Å²) in [6.45, 7) is 1.44. The first-order valence-corrected chi connectivity index (χ1v) is 9.49. The first-order chi connectivity index (χ1) is 12.5. The van der Waals surface area contributed by atoms with Gasteiger partial charge in [-0.3, -0.25) is 0 Å². The van der Waals surface area contributed by atoms with Gasteiger partial charge in [0.15, 0.2) is 11.5 Å². The number of nitrogen functional groups attached to an aromatic ring is 2. The van der Waals surface area contributed by atoms with Crippen molar-refractivity contribution in [3.05, 3.63) is 36.7 Å². The van der Waals surface area contributed by atoms with Crippen molar-refractivity contribution in [3.63, 3.8) is 0 Å². The molecule has 3 heterocycles. The minimum absolute atomic E-state index is 0.180. The Balaban J connectivity index is 1.82. The molecule has 0 bridgehead atoms. The van der Waals surface area contributed by atoms with Gasteiger partial charge in [-0.2, -0.15) is 4.31 Å². The maximum Gasteiger partial charge on any atom is 0.243 e. The van der Waals surface area contributed by atoms with E-state index in [1.165, 1.54) is 8.82 Å². The number of nitrogens with two attached hydrogens (primary N) is 2. The lowest BCUT2D eigenvalue weighted by Gasteiger charge is -2.26. The number of anilines is 2. The lowest BCUT2D eigenvalue weighted by molar-refractivity contribution is 0.0730. The fourth-order valence-electron chi connectivity index (χ4n) is 3.04. The van der Waals surface area contributed by atoms with Crippen LogP contribution in [0.1, 0.15) is 0 Å². The van der Waals surface area contributed by atoms with Crippen LogP contribution in [0.15, 0.2) is 41.6 Å². The molecule has 1 aromatic carbocycles. The van der Waals surface area contributed by atoms with Crippen LogP contribution in [-0.2, 0) is 14.8 Å². The van der Waals surface area contributed by atoms with Gasteiger partial charge in [-0.15, -0.1) is 5.10 Å². The second kappa shape index (κ2) is 6.24. The van der Waals surface area contributed by atoms with Crippen LogP contribution in [0.2, 0.25) is 0 Å². The summed E-state index contributed by atoms with van der Waals surface area (Å²) in [5, 5.41) is 4.23. The molecule has 1 fully saturated rings. The Bertz CT molecular complexity index is 1070. The van der Waals surface area contributed by atoms with E-state index in [1.54, 1.807) is 36.7 Å². The summed E-state index contributed by atoms with van der Waals surface area (Å²) >= 11 is 0. The highest BCUT2D eigenvalue weighted by atomic mass is 32.2. The van der Waals surface area contributed by atoms with E-state index >= 15 is 0 Å². The molecule has 0 atom stereocenters. The van der Waals surface area contributed by atoms with Gasteiger partial charge in [0.2, 0.25) is 10.0 Å². The van der Waals surface area contributed by atoms with Crippen LogP contribution in [0.5, 0.6) is 0 Å². The van der Waals surface area contributed by atoms with Crippen molar-refractivity contribution >= 4 is 27.2 Å². The van der Waals surface area contributed by atoms with Gasteiger partial charge in [-0.25, -0.2) is 17.9 Å². The third-order valence-corrected chi connectivity index (χ3v) is 6.23. The van der Waals surface area contributed by atoms with Gasteiger partial charge in [-0.05, 0) is 17.7 Å². The number of fused-ring (bicyclic) bond motifs is 1. The van der Waals surface area contributed by atoms with Crippen LogP contribution in [-0.4, -0.2) is 53.6 Å². The van der Waals surface area contributed by atoms with Gasteiger partial charge in [0.1, 0.15) is 0 Å². The number of nitrogens with zero attached hydrogens (tertiary/aromatic N) is 4. The summed E-state index contributed by atoms with van der Waals surface area (Å²) in [4.78, 5) is 4.35. The molecule has 0 amide bonds. The quantitative estimate of drug-likeness (QED) is 0.686. The van der Waals surface area contributed by atoms with Gasteiger partial charge < -0.3 is 16.2 Å². The Morgan fingerprint density at radius 2 is 1.92 bits per heavy atom. The first kappa shape index (κ1) is 16.8. The van der Waals surface area contributed by atoms with Crippen molar-refractivity contribution in [1.29, 1.82) is 0 Å². The first-order valence-electron chi connectivity index (χ1n) is 8.05. The highest BCUT2D eigenvalue weighted by Gasteiger charge is 2.27. The van der Waals surface area contributed by atoms with Crippen LogP contribution in [0.25, 0.3) is 16.8 Å². The van der Waals surface area contributed by atoms with Crippen molar-refractivity contribution in [3.8, 4) is 11.1 Å². The topological polar surface area (TPSA) is 129 Å². The maximum atomic E-state index is 12.9. The van der Waals surface area contributed by atoms with Crippen molar-refractivity contribution in [2.24, 2.45) is 0 Å². The predicted molar refractivity (Wildman–Crippen MR) is 96.8 cm³/mol. The number of rotatable bonds is 3. The van der Waals surface area contributed by atoms with Crippen LogP contribution >= 0.6 is 0 Å². The van der Waals surface area contributed by atoms with Crippen molar-refractivity contribution in [1.82, 2.24) is 18.9 Å². The van der Waals surface area contributed by atoms with Crippen molar-refractivity contribution in [2.75, 3.05) is 37.8 Å². The molecule has 2 aromatic heterocycles. The Morgan fingerprint density at radius 3 is 2.69 bits per heavy atom. The Kier molecular flexibility index (Phi) is 4.02. The van der Waals surface area contributed by atoms with E-state index in [2.05, 4.69) is 10.1 Å². The Morgan fingerprint density at radius 1 is 1.15 bits per heavy atom. The van der Waals surface area contributed by atoms with Gasteiger partial charge >= 0.3 is 0 Å². The Hall–Kier alpha value is -2.69. The van der Waals surface area contributed by atoms with Gasteiger partial charge in [0.05, 0.1) is 29.4 Å². The number of benzene rings is 1. The molecule has 0 radical (unpaired) electrons. The van der Waals surface area contributed by atoms with Crippen LogP contribution in [0, 0.1) is 0 Å². The summed E-state index contributed by atoms with van der Waals surface area (Å²) in [7, 11) is -3.62. The molecule has 26 heavy (non-hydrogen) atoms. The van der Waals surface area contributed by atoms with Crippen LogP contribution in [0.4, 0.5) is 11.5 Å². The second-order valence-electron chi connectivity index (χ2n) is 5.91. The molecule has 10 heteroatoms. The third-order valence-electron chi connectivity index (χ3n) is 4.33. The van der Waals surface area contributed by atoms with E-state index in [0.29, 0.717) is 48.8 Å². The van der Waals surface area contributed by atoms with Crippen LogP contribution < -0.4 is 11.5 Å². The molecule has 4 N–H and O–H groups in total. The number of morpholine rings is 1. The van der Waals surface area contributed by atoms with Crippen molar-refractivity contribution < 1.29 is 13.2 Å². The molecule has 1 aliphatic rings. The molecule has 9 nitrogen and oxygen atoms in total. The standard InChI is InChI=1S/C16H18N6O3S/c17-14-13(15(18)20-22-5-4-19-16(14)22)11-2-1-3-12(10-11)26(23,24)21-6-8-25-9-7-21/h1-5,10H,6-9,17H2,(H2,18,20). The van der Waals surface area contributed by atoms with E-state index in [9.17, 15) is 8.42 Å². The average molecular weight is 374 g/mol. The number of ether oxygens (including phenoxy) is 1. The molecule has 0 saturated carbocycles. The monoisotopic (exact) mass is 374 g/mol. The van der Waals surface area contributed by atoms with Gasteiger partial charge in [0.25, 0.3) is 0 Å². The molecule has 1 aliphatic heterocycles. The summed E-state index contributed by atoms with van der Waals surface area (Å²) in [6.07, 6.45) is 3.21. The minimum Gasteiger partial charge on any atom is -0.395 e. The second-order valence-corrected chi connectivity index (χ2v) is 7.85. The largest absolute Gasteiger partial charge is 0.395 e. The molecule has 0 unspecified atom stereocenters. The number of aromatic nitrogens is 3. The van der Waals surface area contributed by atoms with E-state index < -0.39 is 10.0 Å². The normalized spacial score (nSPS) is 16.2. The van der Waals surface area contributed by atoms with E-state index in [4.69, 9.17) is 16.2 Å². The third kappa shape index (κ3) is 2.68. The number of hydrogen-bond donors (Lipinski definition) is 2. The molecule has 0 aliphatic carbocycles. The number of sulfonamides is 1. The zero-order valence-corrected chi connectivity index (χ0v) is 14.7. The molecular formula is C16H18N6O3S. The molecule has 4 rings (SSSR count). The molecule has 136 valence electrons. The number of hydrogen-bond acceptors (Lipinski definition) is 7. The molecule has 1 saturated heterocycles. The zero-order valence-electron chi connectivity index (χ0n) is 13.9. The highest BCUT2D eigenvalue weighted by molar-refractivity contribution is 7.89. The maximum absolute atomic E-state index is 12.9. The summed E-state index contributed by atoms with van der Waals surface area (Å²) in [5.41, 5.74) is 14.2. The van der Waals surface area contributed by atoms with Crippen molar-refractivity contribution in [2.45, 2.75) is 4.90 Å². The average Bonchev–Trinajstić information content (AvgIpc) is 3.11. The fourth-order valence-corrected chi connectivity index (χ4v) is 4.49. The van der Waals surface area contributed by atoms with E-state index in [0.717, 1.165) is 0 Å². The highest BCUT2D eigenvalue weighted by Crippen LogP contribution is 2.34. The lowest BCUT2D eigenvalue weighted by atomic mass is 10.1. The SMILES string of the molecule is Nc1nn2ccnc2c(N)c1-c1cccc(S(=O)(=O)N2CCOCC2)c1. The fraction of sp³-hybridized carbons (Fsp3) is 0.250. The smallest absolute Gasteiger partial charge is 0.243 e. The molecule has 3 aromatic rings. The van der Waals surface area contributed by atoms with Gasteiger partial charge in [-0.1, -0.05) is 12.1 Å². The van der Waals surface area contributed by atoms with E-state index in [1.807, 2.05) is 0 Å². The molecule has 0 spiro atoms. The van der Waals surface area contributed by atoms with Gasteiger partial charge in [0, 0.05) is 25.5 Å². The summed E-state index contributed by atoms with van der Waals surface area (Å²) in [5.74, 6) is 0.203. The summed E-state index contributed by atoms with van der Waals surface area (Å²) in [6, 6.07) is 6.54. The molecular weight excluding hydrogens is 356 g/mol.